The summed E-state index contributed by atoms with van der Waals surface area (Å²) < 4.78 is 19.8. The summed E-state index contributed by atoms with van der Waals surface area (Å²) in [6.07, 6.45) is 1.10. The summed E-state index contributed by atoms with van der Waals surface area (Å²) in [7, 11) is -1.85. The summed E-state index contributed by atoms with van der Waals surface area (Å²) in [5.74, 6) is 0. The molecule has 1 aliphatic rings. The Kier molecular flexibility index (Phi) is 5.03. The van der Waals surface area contributed by atoms with Gasteiger partial charge in [-0.05, 0) is 51.7 Å². The van der Waals surface area contributed by atoms with Crippen LogP contribution >= 0.6 is 0 Å². The summed E-state index contributed by atoms with van der Waals surface area (Å²) >= 11 is 0. The third kappa shape index (κ3) is 5.29. The highest BCUT2D eigenvalue weighted by molar-refractivity contribution is 6.74. The van der Waals surface area contributed by atoms with E-state index in [0.717, 1.165) is 6.42 Å². The Hall–Kier alpha value is -0.553. The Labute approximate surface area is 132 Å². The number of likely N-dealkylation sites (tertiary alicyclic amines) is 1. The molecule has 1 fully saturated rings. The van der Waals surface area contributed by atoms with Crippen molar-refractivity contribution in [1.82, 2.24) is 4.90 Å². The lowest BCUT2D eigenvalue weighted by Crippen LogP contribution is -2.46. The Morgan fingerprint density at radius 2 is 1.86 bits per heavy atom. The van der Waals surface area contributed by atoms with E-state index in [-0.39, 0.29) is 11.1 Å². The van der Waals surface area contributed by atoms with Gasteiger partial charge in [0.15, 0.2) is 8.32 Å². The van der Waals surface area contributed by atoms with Crippen LogP contribution in [0.5, 0.6) is 0 Å². The fraction of sp³-hybridized carbons (Fsp3) is 0.938. The maximum atomic E-state index is 12.3. The van der Waals surface area contributed by atoms with Crippen LogP contribution in [-0.4, -0.2) is 44.1 Å². The number of hydrogen-bond acceptors (Lipinski definition) is 3. The standard InChI is InChI=1S/C16H33NO3Si/c1-15(2,3)20-14(18)17-11-9-10-13(17)12-19-21(7,8)16(4,5)6/h13H,9-12H2,1-8H3/t13-/m0/s1/i11D/t11-,13+/m1. The van der Waals surface area contributed by atoms with Crippen LogP contribution in [0.15, 0.2) is 0 Å². The highest BCUT2D eigenvalue weighted by Crippen LogP contribution is 2.37. The first-order chi connectivity index (χ1) is 9.74. The number of rotatable bonds is 3. The zero-order chi connectivity index (χ0) is 17.3. The topological polar surface area (TPSA) is 38.8 Å². The first-order valence-electron chi connectivity index (χ1n) is 8.40. The van der Waals surface area contributed by atoms with Crippen LogP contribution in [0.2, 0.25) is 18.1 Å². The Morgan fingerprint density at radius 3 is 2.33 bits per heavy atom. The number of hydrogen-bond donors (Lipinski definition) is 0. The van der Waals surface area contributed by atoms with Gasteiger partial charge in [-0.2, -0.15) is 0 Å². The maximum Gasteiger partial charge on any atom is 0.410 e. The third-order valence-corrected chi connectivity index (χ3v) is 8.77. The van der Waals surface area contributed by atoms with Gasteiger partial charge >= 0.3 is 6.09 Å². The molecule has 0 spiro atoms. The molecule has 124 valence electrons. The van der Waals surface area contributed by atoms with Gasteiger partial charge in [-0.25, -0.2) is 4.79 Å². The maximum absolute atomic E-state index is 12.3. The molecule has 0 aromatic heterocycles. The van der Waals surface area contributed by atoms with Gasteiger partial charge in [-0.3, -0.25) is 0 Å². The van der Waals surface area contributed by atoms with Crippen molar-refractivity contribution >= 4 is 14.4 Å². The van der Waals surface area contributed by atoms with Gasteiger partial charge in [-0.15, -0.1) is 0 Å². The lowest BCUT2D eigenvalue weighted by Gasteiger charge is -2.38. The zero-order valence-electron chi connectivity index (χ0n) is 15.9. The lowest BCUT2D eigenvalue weighted by atomic mass is 10.2. The molecule has 21 heavy (non-hydrogen) atoms. The summed E-state index contributed by atoms with van der Waals surface area (Å²) in [4.78, 5) is 13.9. The van der Waals surface area contributed by atoms with Crippen LogP contribution in [0.1, 0.15) is 55.8 Å². The fourth-order valence-electron chi connectivity index (χ4n) is 1.92. The summed E-state index contributed by atoms with van der Waals surface area (Å²) in [5, 5.41) is 0.142. The second-order valence-corrected chi connectivity index (χ2v) is 13.2. The molecule has 1 rings (SSSR count). The van der Waals surface area contributed by atoms with E-state index >= 15 is 0 Å². The normalized spacial score (nSPS) is 25.0. The second-order valence-electron chi connectivity index (χ2n) is 8.37. The average Bonchev–Trinajstić information content (AvgIpc) is 2.64. The monoisotopic (exact) mass is 316 g/mol. The molecule has 0 unspecified atom stereocenters. The smallest absolute Gasteiger partial charge is 0.410 e. The van der Waals surface area contributed by atoms with Crippen LogP contribution in [0.4, 0.5) is 4.79 Å². The second kappa shape index (κ2) is 6.29. The molecule has 0 aromatic carbocycles. The average molecular weight is 317 g/mol. The Morgan fingerprint density at radius 1 is 1.29 bits per heavy atom. The molecule has 1 saturated heterocycles. The minimum absolute atomic E-state index is 0.0496. The van der Waals surface area contributed by atoms with Gasteiger partial charge < -0.3 is 14.1 Å². The highest BCUT2D eigenvalue weighted by atomic mass is 28.4. The van der Waals surface area contributed by atoms with Crippen molar-refractivity contribution in [3.63, 3.8) is 0 Å². The number of ether oxygens (including phenoxy) is 1. The summed E-state index contributed by atoms with van der Waals surface area (Å²) in [6, 6.07) is -0.0496. The predicted octanol–water partition coefficient (Wildman–Crippen LogP) is 4.41. The quantitative estimate of drug-likeness (QED) is 0.724. The van der Waals surface area contributed by atoms with Gasteiger partial charge in [0.2, 0.25) is 0 Å². The van der Waals surface area contributed by atoms with Gasteiger partial charge in [-0.1, -0.05) is 20.8 Å². The van der Waals surface area contributed by atoms with E-state index in [1.807, 2.05) is 20.8 Å². The molecule has 1 aliphatic heterocycles. The SMILES string of the molecule is [2H][C@@H]1CC[C@@H](CO[Si](C)(C)C(C)(C)C)N1C(=O)OC(C)(C)C. The van der Waals surface area contributed by atoms with E-state index in [2.05, 4.69) is 33.9 Å². The van der Waals surface area contributed by atoms with E-state index in [0.29, 0.717) is 13.0 Å². The molecule has 0 radical (unpaired) electrons. The van der Waals surface area contributed by atoms with Gasteiger partial charge in [0.25, 0.3) is 0 Å². The first kappa shape index (κ1) is 16.8. The first-order valence-corrected chi connectivity index (χ1v) is 10.7. The van der Waals surface area contributed by atoms with Gasteiger partial charge in [0.1, 0.15) is 5.60 Å². The van der Waals surface area contributed by atoms with E-state index in [1.54, 1.807) is 4.90 Å². The summed E-state index contributed by atoms with van der Waals surface area (Å²) in [5.41, 5.74) is -0.537. The number of nitrogens with zero attached hydrogens (tertiary/aromatic N) is 1. The van der Waals surface area contributed by atoms with Crippen molar-refractivity contribution in [3.8, 4) is 0 Å². The van der Waals surface area contributed by atoms with Gasteiger partial charge in [0.05, 0.1) is 12.6 Å². The molecular formula is C16H33NO3Si. The van der Waals surface area contributed by atoms with Crippen LogP contribution in [0.25, 0.3) is 0 Å². The molecule has 5 heteroatoms. The molecule has 1 amide bonds. The molecule has 1 heterocycles. The van der Waals surface area contributed by atoms with Crippen molar-refractivity contribution in [2.45, 2.75) is 84.2 Å². The molecule has 0 aliphatic carbocycles. The highest BCUT2D eigenvalue weighted by Gasteiger charge is 2.39. The van der Waals surface area contributed by atoms with Crippen LogP contribution < -0.4 is 0 Å². The van der Waals surface area contributed by atoms with E-state index in [4.69, 9.17) is 10.5 Å². The summed E-state index contributed by atoms with van der Waals surface area (Å²) in [6.45, 7) is 16.5. The molecule has 4 nitrogen and oxygen atoms in total. The Bertz CT molecular complexity index is 401. The number of amides is 1. The molecule has 0 bridgehead atoms. The van der Waals surface area contributed by atoms with Crippen molar-refractivity contribution in [2.75, 3.05) is 13.1 Å². The Balaban J connectivity index is 2.72. The largest absolute Gasteiger partial charge is 0.444 e. The zero-order valence-corrected chi connectivity index (χ0v) is 15.9. The van der Waals surface area contributed by atoms with E-state index in [1.165, 1.54) is 0 Å². The molecule has 2 atom stereocenters. The minimum atomic E-state index is -1.85. The molecule has 0 aromatic rings. The fourth-order valence-corrected chi connectivity index (χ4v) is 2.96. The van der Waals surface area contributed by atoms with Crippen LogP contribution in [-0.2, 0) is 9.16 Å². The predicted molar refractivity (Wildman–Crippen MR) is 89.1 cm³/mol. The van der Waals surface area contributed by atoms with Crippen LogP contribution in [0.3, 0.4) is 0 Å². The minimum Gasteiger partial charge on any atom is -0.444 e. The van der Waals surface area contributed by atoms with Crippen molar-refractivity contribution in [1.29, 1.82) is 0 Å². The van der Waals surface area contributed by atoms with Gasteiger partial charge in [0, 0.05) is 7.89 Å². The van der Waals surface area contributed by atoms with Crippen molar-refractivity contribution in [3.05, 3.63) is 0 Å². The molecule has 0 saturated carbocycles. The third-order valence-electron chi connectivity index (χ3n) is 4.27. The van der Waals surface area contributed by atoms with Crippen molar-refractivity contribution < 1.29 is 15.3 Å². The molecule has 0 N–H and O–H groups in total. The molecular weight excluding hydrogens is 282 g/mol. The van der Waals surface area contributed by atoms with Crippen LogP contribution in [0, 0.1) is 0 Å². The lowest BCUT2D eigenvalue weighted by molar-refractivity contribution is 0.0182. The van der Waals surface area contributed by atoms with E-state index < -0.39 is 26.5 Å². The number of carbonyl (C=O) groups is 1. The van der Waals surface area contributed by atoms with Crippen molar-refractivity contribution in [2.24, 2.45) is 0 Å². The number of carbonyl (C=O) groups excluding carboxylic acids is 1. The van der Waals surface area contributed by atoms with E-state index in [9.17, 15) is 4.79 Å².